The molecule has 0 saturated heterocycles. The van der Waals surface area contributed by atoms with Crippen LogP contribution in [-0.2, 0) is 27.1 Å². The number of nitrogens with zero attached hydrogens (tertiary/aromatic N) is 2. The fourth-order valence-corrected chi connectivity index (χ4v) is 14.7. The van der Waals surface area contributed by atoms with Crippen LogP contribution in [-0.4, -0.2) is 11.4 Å². The van der Waals surface area contributed by atoms with Crippen LogP contribution in [0.1, 0.15) is 128 Å². The molecule has 0 atom stereocenters. The van der Waals surface area contributed by atoms with Crippen LogP contribution in [0.25, 0.3) is 82.8 Å². The largest absolute Gasteiger partial charge is 0.456 e. The number of benzene rings is 8. The molecule has 4 heteroatoms. The average molecular weight is 907 g/mol. The maximum absolute atomic E-state index is 6.92. The molecule has 0 bridgehead atoms. The molecule has 0 unspecified atom stereocenters. The first-order valence-corrected chi connectivity index (χ1v) is 25.8. The van der Waals surface area contributed by atoms with Gasteiger partial charge in [-0.2, -0.15) is 0 Å². The molecule has 3 aliphatic carbocycles. The van der Waals surface area contributed by atoms with Gasteiger partial charge in [-0.15, -0.1) is 0 Å². The molecule has 0 amide bonds. The van der Waals surface area contributed by atoms with E-state index < -0.39 is 0 Å². The van der Waals surface area contributed by atoms with Crippen molar-refractivity contribution >= 4 is 72.9 Å². The summed E-state index contributed by atoms with van der Waals surface area (Å²) in [4.78, 5) is 2.75. The summed E-state index contributed by atoms with van der Waals surface area (Å²) in [6.07, 6.45) is 2.33. The Labute approximate surface area is 412 Å². The molecule has 4 heterocycles. The minimum absolute atomic E-state index is 0.0163. The normalized spacial score (nSPS) is 17.9. The molecule has 0 N–H and O–H groups in total. The molecular weight excluding hydrogens is 848 g/mol. The summed E-state index contributed by atoms with van der Waals surface area (Å²) in [5.74, 6) is 0. The van der Waals surface area contributed by atoms with Gasteiger partial charge in [0.1, 0.15) is 11.2 Å². The van der Waals surface area contributed by atoms with E-state index >= 15 is 0 Å². The number of hydrogen-bond donors (Lipinski definition) is 0. The van der Waals surface area contributed by atoms with E-state index in [2.05, 4.69) is 219 Å². The SMILES string of the molecule is CC(C)(C)c1ccc(N2B3c4cc5oc6ccccc6c5cc4-n4c5cc6c(cc5c5c7c(c(c3c54)-c3cc4c(cc32)C(C)(C)c2ccccc2-4)C(C)(C)c2ccccc2-7)C(C)(C)CCC6(C)C)cc1. The Morgan fingerprint density at radius 2 is 1.17 bits per heavy atom. The van der Waals surface area contributed by atoms with Crippen molar-refractivity contribution in [1.82, 2.24) is 4.57 Å². The number of rotatable bonds is 1. The van der Waals surface area contributed by atoms with E-state index in [1.165, 1.54) is 129 Å². The molecule has 15 rings (SSSR count). The van der Waals surface area contributed by atoms with E-state index in [0.29, 0.717) is 0 Å². The summed E-state index contributed by atoms with van der Waals surface area (Å²) in [5.41, 5.74) is 28.8. The number of para-hydroxylation sites is 1. The maximum Gasteiger partial charge on any atom is 0.333 e. The van der Waals surface area contributed by atoms with Gasteiger partial charge in [-0.25, -0.2) is 0 Å². The second kappa shape index (κ2) is 12.8. The molecule has 70 heavy (non-hydrogen) atoms. The quantitative estimate of drug-likeness (QED) is 0.153. The Morgan fingerprint density at radius 3 is 1.90 bits per heavy atom. The Kier molecular flexibility index (Phi) is 7.48. The van der Waals surface area contributed by atoms with Gasteiger partial charge >= 0.3 is 6.85 Å². The Balaban J connectivity index is 1.20. The predicted octanol–water partition coefficient (Wildman–Crippen LogP) is 16.2. The predicted molar refractivity (Wildman–Crippen MR) is 296 cm³/mol. The fraction of sp³-hybridized carbons (Fsp3) is 0.273. The van der Waals surface area contributed by atoms with E-state index in [0.717, 1.165) is 28.4 Å². The van der Waals surface area contributed by atoms with E-state index in [9.17, 15) is 0 Å². The molecule has 5 aliphatic rings. The molecular formula is C66H59BN2O. The second-order valence-electron chi connectivity index (χ2n) is 25.1. The van der Waals surface area contributed by atoms with E-state index in [4.69, 9.17) is 4.42 Å². The van der Waals surface area contributed by atoms with Gasteiger partial charge in [0, 0.05) is 55.0 Å². The first-order valence-electron chi connectivity index (χ1n) is 25.8. The van der Waals surface area contributed by atoms with Crippen molar-refractivity contribution in [2.45, 2.75) is 116 Å². The molecule has 342 valence electrons. The molecule has 8 aromatic carbocycles. The molecule has 10 aromatic rings. The van der Waals surface area contributed by atoms with E-state index in [-0.39, 0.29) is 33.9 Å². The molecule has 2 aromatic heterocycles. The zero-order valence-corrected chi connectivity index (χ0v) is 42.5. The van der Waals surface area contributed by atoms with Crippen molar-refractivity contribution in [2.75, 3.05) is 4.81 Å². The molecule has 2 aliphatic heterocycles. The van der Waals surface area contributed by atoms with E-state index in [1.807, 2.05) is 0 Å². The number of fused-ring (bicyclic) bond motifs is 20. The molecule has 0 spiro atoms. The third-order valence-corrected chi connectivity index (χ3v) is 18.5. The van der Waals surface area contributed by atoms with Crippen molar-refractivity contribution < 1.29 is 4.42 Å². The van der Waals surface area contributed by atoms with Crippen molar-refractivity contribution in [3.05, 3.63) is 172 Å². The van der Waals surface area contributed by atoms with Gasteiger partial charge in [-0.05, 0) is 161 Å². The van der Waals surface area contributed by atoms with Crippen LogP contribution in [0.5, 0.6) is 0 Å². The van der Waals surface area contributed by atoms with Crippen LogP contribution >= 0.6 is 0 Å². The smallest absolute Gasteiger partial charge is 0.333 e. The number of anilines is 2. The van der Waals surface area contributed by atoms with Crippen molar-refractivity contribution in [3.63, 3.8) is 0 Å². The lowest BCUT2D eigenvalue weighted by Gasteiger charge is -2.44. The van der Waals surface area contributed by atoms with Gasteiger partial charge in [0.25, 0.3) is 0 Å². The van der Waals surface area contributed by atoms with Crippen molar-refractivity contribution in [3.8, 4) is 39.1 Å². The summed E-state index contributed by atoms with van der Waals surface area (Å²) in [5, 5.41) is 5.09. The highest BCUT2D eigenvalue weighted by atomic mass is 16.3. The molecule has 3 nitrogen and oxygen atoms in total. The van der Waals surface area contributed by atoms with Gasteiger partial charge < -0.3 is 13.8 Å². The van der Waals surface area contributed by atoms with Gasteiger partial charge in [0.15, 0.2) is 0 Å². The highest BCUT2D eigenvalue weighted by Gasteiger charge is 2.52. The lowest BCUT2D eigenvalue weighted by molar-refractivity contribution is 0.332. The van der Waals surface area contributed by atoms with E-state index in [1.54, 1.807) is 0 Å². The summed E-state index contributed by atoms with van der Waals surface area (Å²) in [6, 6.07) is 52.2. The molecule has 0 fully saturated rings. The minimum atomic E-state index is -0.284. The summed E-state index contributed by atoms with van der Waals surface area (Å²) >= 11 is 0. The zero-order valence-electron chi connectivity index (χ0n) is 42.5. The third kappa shape index (κ3) is 4.88. The van der Waals surface area contributed by atoms with Crippen LogP contribution in [0.15, 0.2) is 138 Å². The monoisotopic (exact) mass is 906 g/mol. The zero-order chi connectivity index (χ0) is 47.9. The summed E-state index contributed by atoms with van der Waals surface area (Å²) in [7, 11) is 0. The van der Waals surface area contributed by atoms with Gasteiger partial charge in [-0.3, -0.25) is 0 Å². The van der Waals surface area contributed by atoms with Gasteiger partial charge in [-0.1, -0.05) is 155 Å². The highest BCUT2D eigenvalue weighted by molar-refractivity contribution is 6.94. The van der Waals surface area contributed by atoms with Crippen molar-refractivity contribution in [2.24, 2.45) is 0 Å². The summed E-state index contributed by atoms with van der Waals surface area (Å²) in [6.45, 7) is 26.6. The van der Waals surface area contributed by atoms with Crippen LogP contribution in [0.3, 0.4) is 0 Å². The number of hydrogen-bond acceptors (Lipinski definition) is 2. The van der Waals surface area contributed by atoms with Crippen LogP contribution in [0, 0.1) is 0 Å². The Hall–Kier alpha value is -6.78. The molecule has 0 radical (unpaired) electrons. The Morgan fingerprint density at radius 1 is 0.514 bits per heavy atom. The fourth-order valence-electron chi connectivity index (χ4n) is 14.7. The minimum Gasteiger partial charge on any atom is -0.456 e. The lowest BCUT2D eigenvalue weighted by Crippen LogP contribution is -2.61. The van der Waals surface area contributed by atoms with Crippen LogP contribution in [0.2, 0.25) is 0 Å². The summed E-state index contributed by atoms with van der Waals surface area (Å²) < 4.78 is 9.66. The first kappa shape index (κ1) is 41.0. The highest BCUT2D eigenvalue weighted by Crippen LogP contribution is 2.62. The lowest BCUT2D eigenvalue weighted by atomic mass is 9.43. The van der Waals surface area contributed by atoms with Crippen molar-refractivity contribution in [1.29, 1.82) is 0 Å². The van der Waals surface area contributed by atoms with Crippen LogP contribution in [0.4, 0.5) is 11.4 Å². The third-order valence-electron chi connectivity index (χ3n) is 18.5. The average Bonchev–Trinajstić information content (AvgIpc) is 4.01. The second-order valence-corrected chi connectivity index (χ2v) is 25.1. The Bertz CT molecular complexity index is 4050. The standard InChI is InChI=1S/C66H59BN2O/c1-62(2,3)36-24-26-37(27-25-36)69-52-33-47-41(38-18-12-15-21-45(38)65(47,8)9)30-43(52)58-59-56(40-20-13-16-22-46(40)66(59,10)11)57-44-31-48-49(64(6,7)29-28-63(48,4)5)34-51(44)68-53-32-42-39-19-14-17-23-54(39)70-55(42)35-50(53)67(69)60(58)61(57)68/h12-27,30-35H,28-29H2,1-11H3. The maximum atomic E-state index is 6.92. The topological polar surface area (TPSA) is 21.3 Å². The van der Waals surface area contributed by atoms with Gasteiger partial charge in [0.05, 0.1) is 11.0 Å². The number of furan rings is 1. The van der Waals surface area contributed by atoms with Crippen LogP contribution < -0.4 is 15.7 Å². The first-order chi connectivity index (χ1) is 33.4. The van der Waals surface area contributed by atoms with Gasteiger partial charge in [0.2, 0.25) is 0 Å². The number of aromatic nitrogens is 1. The molecule has 0 saturated carbocycles.